The maximum absolute atomic E-state index is 12.8. The van der Waals surface area contributed by atoms with Crippen molar-refractivity contribution in [3.63, 3.8) is 0 Å². The van der Waals surface area contributed by atoms with Crippen molar-refractivity contribution in [3.8, 4) is 0 Å². The summed E-state index contributed by atoms with van der Waals surface area (Å²) in [6.07, 6.45) is 0. The van der Waals surface area contributed by atoms with Gasteiger partial charge < -0.3 is 19.6 Å². The Morgan fingerprint density at radius 2 is 1.97 bits per heavy atom. The second-order valence-corrected chi connectivity index (χ2v) is 9.94. The molecule has 4 rings (SSSR count). The molecule has 13 heteroatoms. The highest BCUT2D eigenvalue weighted by Gasteiger charge is 2.25. The van der Waals surface area contributed by atoms with E-state index in [-0.39, 0.29) is 17.6 Å². The van der Waals surface area contributed by atoms with Gasteiger partial charge in [-0.25, -0.2) is 0 Å². The molecule has 0 aliphatic carbocycles. The molecule has 0 atom stereocenters. The van der Waals surface area contributed by atoms with E-state index in [1.54, 1.807) is 36.1 Å². The van der Waals surface area contributed by atoms with Crippen molar-refractivity contribution in [3.05, 3.63) is 45.6 Å². The smallest absolute Gasteiger partial charge is 0.255 e. The quantitative estimate of drug-likeness (QED) is 0.496. The molecule has 0 unspecified atom stereocenters. The van der Waals surface area contributed by atoms with Gasteiger partial charge in [-0.05, 0) is 25.1 Å². The summed E-state index contributed by atoms with van der Waals surface area (Å²) in [7, 11) is 0. The van der Waals surface area contributed by atoms with Crippen LogP contribution in [0.25, 0.3) is 0 Å². The zero-order chi connectivity index (χ0) is 22.7. The van der Waals surface area contributed by atoms with Crippen LogP contribution in [-0.2, 0) is 4.79 Å². The Labute approximate surface area is 202 Å². The van der Waals surface area contributed by atoms with Crippen molar-refractivity contribution in [2.75, 3.05) is 42.1 Å². The van der Waals surface area contributed by atoms with Crippen LogP contribution in [0, 0.1) is 6.92 Å². The average Bonchev–Trinajstić information content (AvgIpc) is 3.41. The summed E-state index contributed by atoms with van der Waals surface area (Å²) in [5.74, 6) is 0.879. The van der Waals surface area contributed by atoms with Crippen LogP contribution in [0.5, 0.6) is 0 Å². The Morgan fingerprint density at radius 3 is 2.66 bits per heavy atom. The SMILES string of the molecule is Cc1cc(NC(=O)CSc2nnc(N3CCN(C(=O)c4ccc(Cl)cc4Cl)CC3)s2)no1. The van der Waals surface area contributed by atoms with Gasteiger partial charge in [0.05, 0.1) is 16.3 Å². The van der Waals surface area contributed by atoms with Crippen LogP contribution in [0.15, 0.2) is 33.1 Å². The average molecular weight is 513 g/mol. The molecule has 9 nitrogen and oxygen atoms in total. The molecule has 0 radical (unpaired) electrons. The van der Waals surface area contributed by atoms with Crippen LogP contribution in [0.2, 0.25) is 10.0 Å². The summed E-state index contributed by atoms with van der Waals surface area (Å²) in [5, 5.41) is 16.4. The Bertz CT molecular complexity index is 1130. The number of hydrogen-bond donors (Lipinski definition) is 1. The van der Waals surface area contributed by atoms with Gasteiger partial charge in [0.2, 0.25) is 11.0 Å². The van der Waals surface area contributed by atoms with Gasteiger partial charge in [0.25, 0.3) is 5.91 Å². The summed E-state index contributed by atoms with van der Waals surface area (Å²) in [6.45, 7) is 4.09. The van der Waals surface area contributed by atoms with Gasteiger partial charge in [-0.3, -0.25) is 9.59 Å². The highest BCUT2D eigenvalue weighted by atomic mass is 35.5. The first-order valence-electron chi connectivity index (χ1n) is 9.58. The fourth-order valence-corrected chi connectivity index (χ4v) is 5.24. The summed E-state index contributed by atoms with van der Waals surface area (Å²) in [5.41, 5.74) is 0.443. The minimum absolute atomic E-state index is 0.117. The lowest BCUT2D eigenvalue weighted by molar-refractivity contribution is -0.113. The van der Waals surface area contributed by atoms with Crippen LogP contribution in [0.3, 0.4) is 0 Å². The number of anilines is 2. The maximum Gasteiger partial charge on any atom is 0.255 e. The van der Waals surface area contributed by atoms with Crippen LogP contribution in [-0.4, -0.2) is 64.0 Å². The number of nitrogens with one attached hydrogen (secondary N) is 1. The van der Waals surface area contributed by atoms with E-state index in [4.69, 9.17) is 27.7 Å². The maximum atomic E-state index is 12.8. The first-order chi connectivity index (χ1) is 15.4. The van der Waals surface area contributed by atoms with E-state index in [0.717, 1.165) is 5.13 Å². The lowest BCUT2D eigenvalue weighted by Gasteiger charge is -2.34. The van der Waals surface area contributed by atoms with Crippen LogP contribution in [0.4, 0.5) is 10.9 Å². The third kappa shape index (κ3) is 5.52. The lowest BCUT2D eigenvalue weighted by atomic mass is 10.2. The number of aromatic nitrogens is 3. The number of aryl methyl sites for hydroxylation is 1. The molecule has 1 fully saturated rings. The fraction of sp³-hybridized carbons (Fsp3) is 0.316. The van der Waals surface area contributed by atoms with Crippen LogP contribution >= 0.6 is 46.3 Å². The molecular formula is C19H18Cl2N6O3S2. The van der Waals surface area contributed by atoms with Gasteiger partial charge >= 0.3 is 0 Å². The number of thioether (sulfide) groups is 1. The molecule has 2 amide bonds. The third-order valence-electron chi connectivity index (χ3n) is 4.62. The number of carbonyl (C=O) groups is 2. The van der Waals surface area contributed by atoms with E-state index < -0.39 is 0 Å². The number of nitrogens with zero attached hydrogens (tertiary/aromatic N) is 5. The molecule has 168 valence electrons. The van der Waals surface area contributed by atoms with E-state index >= 15 is 0 Å². The van der Waals surface area contributed by atoms with E-state index in [1.807, 2.05) is 0 Å². The third-order valence-corrected chi connectivity index (χ3v) is 7.28. The number of piperazine rings is 1. The van der Waals surface area contributed by atoms with Crippen molar-refractivity contribution in [1.82, 2.24) is 20.3 Å². The van der Waals surface area contributed by atoms with Crippen molar-refractivity contribution < 1.29 is 14.1 Å². The topological polar surface area (TPSA) is 104 Å². The van der Waals surface area contributed by atoms with E-state index in [9.17, 15) is 9.59 Å². The predicted octanol–water partition coefficient (Wildman–Crippen LogP) is 3.83. The monoisotopic (exact) mass is 512 g/mol. The van der Waals surface area contributed by atoms with Crippen molar-refractivity contribution >= 4 is 69.1 Å². The Kier molecular flexibility index (Phi) is 7.19. The summed E-state index contributed by atoms with van der Waals surface area (Å²) in [6, 6.07) is 6.52. The number of rotatable bonds is 6. The van der Waals surface area contributed by atoms with Gasteiger partial charge in [-0.1, -0.05) is 51.5 Å². The van der Waals surface area contributed by atoms with Gasteiger partial charge in [0.1, 0.15) is 5.76 Å². The molecule has 1 aromatic carbocycles. The zero-order valence-electron chi connectivity index (χ0n) is 16.9. The molecule has 3 heterocycles. The van der Waals surface area contributed by atoms with Gasteiger partial charge in [-0.2, -0.15) is 0 Å². The number of amides is 2. The predicted molar refractivity (Wildman–Crippen MR) is 125 cm³/mol. The molecule has 1 N–H and O–H groups in total. The molecule has 0 spiro atoms. The van der Waals surface area contributed by atoms with Crippen LogP contribution < -0.4 is 10.2 Å². The van der Waals surface area contributed by atoms with Crippen molar-refractivity contribution in [1.29, 1.82) is 0 Å². The lowest BCUT2D eigenvalue weighted by Crippen LogP contribution is -2.48. The Morgan fingerprint density at radius 1 is 1.19 bits per heavy atom. The minimum Gasteiger partial charge on any atom is -0.360 e. The zero-order valence-corrected chi connectivity index (χ0v) is 20.0. The number of hydrogen-bond acceptors (Lipinski definition) is 9. The minimum atomic E-state index is -0.201. The van der Waals surface area contributed by atoms with Gasteiger partial charge in [0, 0.05) is 37.3 Å². The van der Waals surface area contributed by atoms with Gasteiger partial charge in [0.15, 0.2) is 10.2 Å². The second kappa shape index (κ2) is 10.1. The van der Waals surface area contributed by atoms with E-state index in [0.29, 0.717) is 57.7 Å². The molecule has 1 aliphatic heterocycles. The van der Waals surface area contributed by atoms with E-state index in [2.05, 4.69) is 25.6 Å². The first-order valence-corrected chi connectivity index (χ1v) is 12.1. The molecule has 2 aromatic heterocycles. The standard InChI is InChI=1S/C19H18Cl2N6O3S2/c1-11-8-15(25-30-11)22-16(28)10-31-19-24-23-18(32-19)27-6-4-26(5-7-27)17(29)13-3-2-12(20)9-14(13)21/h2-3,8-9H,4-7,10H2,1H3,(H,22,25,28). The molecule has 1 saturated heterocycles. The highest BCUT2D eigenvalue weighted by molar-refractivity contribution is 8.01. The normalized spacial score (nSPS) is 14.0. The highest BCUT2D eigenvalue weighted by Crippen LogP contribution is 2.29. The first kappa shape index (κ1) is 22.8. The summed E-state index contributed by atoms with van der Waals surface area (Å²) >= 11 is 14.8. The molecule has 0 saturated carbocycles. The Balaban J connectivity index is 1.27. The Hall–Kier alpha value is -2.34. The summed E-state index contributed by atoms with van der Waals surface area (Å²) in [4.78, 5) is 28.6. The summed E-state index contributed by atoms with van der Waals surface area (Å²) < 4.78 is 5.62. The fourth-order valence-electron chi connectivity index (χ4n) is 3.05. The molecular weight excluding hydrogens is 495 g/mol. The second-order valence-electron chi connectivity index (χ2n) is 6.91. The van der Waals surface area contributed by atoms with Gasteiger partial charge in [-0.15, -0.1) is 10.2 Å². The molecule has 0 bridgehead atoms. The van der Waals surface area contributed by atoms with Crippen molar-refractivity contribution in [2.45, 2.75) is 11.3 Å². The number of halogens is 2. The molecule has 32 heavy (non-hydrogen) atoms. The van der Waals surface area contributed by atoms with E-state index in [1.165, 1.54) is 23.1 Å². The largest absolute Gasteiger partial charge is 0.360 e. The molecule has 3 aromatic rings. The van der Waals surface area contributed by atoms with Crippen LogP contribution in [0.1, 0.15) is 16.1 Å². The number of carbonyl (C=O) groups excluding carboxylic acids is 2. The number of benzene rings is 1. The van der Waals surface area contributed by atoms with Crippen molar-refractivity contribution in [2.24, 2.45) is 0 Å². The molecule has 1 aliphatic rings.